The Labute approximate surface area is 170 Å². The molecule has 4 rings (SSSR count). The fraction of sp³-hybridized carbons (Fsp3) is 0.182. The van der Waals surface area contributed by atoms with E-state index in [9.17, 15) is 26.3 Å². The number of benzene rings is 3. The molecular weight excluding hydrogens is 405 g/mol. The van der Waals surface area contributed by atoms with Crippen LogP contribution in [-0.2, 0) is 4.74 Å². The van der Waals surface area contributed by atoms with Crippen molar-refractivity contribution in [2.45, 2.75) is 12.8 Å². The van der Waals surface area contributed by atoms with Gasteiger partial charge in [0.2, 0.25) is 0 Å². The predicted octanol–water partition coefficient (Wildman–Crippen LogP) is 3.83. The molecule has 1 heterocycles. The van der Waals surface area contributed by atoms with Crippen LogP contribution < -0.4 is 16.4 Å². The molecular formula is C22H17BF6O. The molecule has 0 atom stereocenters. The second kappa shape index (κ2) is 9.85. The molecule has 0 spiro atoms. The molecule has 3 aromatic carbocycles. The third-order valence-electron chi connectivity index (χ3n) is 4.69. The first-order chi connectivity index (χ1) is 14.4. The molecule has 0 saturated carbocycles. The highest BCUT2D eigenvalue weighted by atomic mass is 19.2. The maximum atomic E-state index is 14.3. The van der Waals surface area contributed by atoms with Crippen LogP contribution in [-0.4, -0.2) is 19.9 Å². The monoisotopic (exact) mass is 422 g/mol. The summed E-state index contributed by atoms with van der Waals surface area (Å²) in [6, 6.07) is 8.23. The molecule has 1 saturated heterocycles. The quantitative estimate of drug-likeness (QED) is 0.461. The van der Waals surface area contributed by atoms with Gasteiger partial charge in [0, 0.05) is 29.6 Å². The molecule has 0 N–H and O–H groups in total. The van der Waals surface area contributed by atoms with Crippen molar-refractivity contribution in [2.75, 3.05) is 13.2 Å². The first-order valence-electron chi connectivity index (χ1n) is 9.31. The number of ether oxygens (including phenoxy) is 1. The van der Waals surface area contributed by atoms with E-state index in [-0.39, 0.29) is 0 Å². The second-order valence-electron chi connectivity index (χ2n) is 6.66. The lowest BCUT2D eigenvalue weighted by atomic mass is 9.36. The van der Waals surface area contributed by atoms with Crippen molar-refractivity contribution in [3.05, 3.63) is 89.5 Å². The third-order valence-corrected chi connectivity index (χ3v) is 4.69. The molecule has 30 heavy (non-hydrogen) atoms. The summed E-state index contributed by atoms with van der Waals surface area (Å²) in [5.74, 6) is -7.03. The van der Waals surface area contributed by atoms with E-state index in [1.54, 1.807) is 0 Å². The van der Waals surface area contributed by atoms with Gasteiger partial charge in [-0.1, -0.05) is 18.2 Å². The summed E-state index contributed by atoms with van der Waals surface area (Å²) in [6.45, 7) is 0.0311. The molecule has 0 aromatic heterocycles. The SMILES string of the molecule is C1CCOC1.Fc1cccc(F)c1B(c1c(F)cccc1F)c1c(F)cccc1F. The molecule has 1 nitrogen and oxygen atoms in total. The standard InChI is InChI=1S/C18H9BF6.C4H8O/c20-10-4-1-5-11(21)16(10)19(17-12(22)6-2-7-13(17)23)18-14(24)8-3-9-15(18)25;1-2-4-5-3-1/h1-9H;1-4H2. The highest BCUT2D eigenvalue weighted by molar-refractivity contribution is 6.95. The minimum Gasteiger partial charge on any atom is -0.381 e. The molecule has 0 unspecified atom stereocenters. The lowest BCUT2D eigenvalue weighted by molar-refractivity contribution is 0.198. The van der Waals surface area contributed by atoms with Crippen molar-refractivity contribution in [1.82, 2.24) is 0 Å². The fourth-order valence-electron chi connectivity index (χ4n) is 3.30. The van der Waals surface area contributed by atoms with Crippen molar-refractivity contribution in [3.63, 3.8) is 0 Å². The Kier molecular flexibility index (Phi) is 7.21. The number of rotatable bonds is 3. The average molecular weight is 422 g/mol. The van der Waals surface area contributed by atoms with Gasteiger partial charge in [-0.25, -0.2) is 26.3 Å². The van der Waals surface area contributed by atoms with Crippen LogP contribution in [0.1, 0.15) is 12.8 Å². The molecule has 8 heteroatoms. The van der Waals surface area contributed by atoms with E-state index in [2.05, 4.69) is 0 Å². The van der Waals surface area contributed by atoms with Gasteiger partial charge in [0.1, 0.15) is 34.9 Å². The van der Waals surface area contributed by atoms with Crippen LogP contribution in [0.15, 0.2) is 54.6 Å². The van der Waals surface area contributed by atoms with Crippen molar-refractivity contribution in [2.24, 2.45) is 0 Å². The van der Waals surface area contributed by atoms with Gasteiger partial charge in [0.15, 0.2) is 0 Å². The Morgan fingerprint density at radius 1 is 0.500 bits per heavy atom. The fourth-order valence-corrected chi connectivity index (χ4v) is 3.30. The lowest BCUT2D eigenvalue weighted by Crippen LogP contribution is -2.58. The van der Waals surface area contributed by atoms with Gasteiger partial charge < -0.3 is 4.74 Å². The molecule has 1 aliphatic rings. The predicted molar refractivity (Wildman–Crippen MR) is 104 cm³/mol. The highest BCUT2D eigenvalue weighted by Crippen LogP contribution is 2.11. The van der Waals surface area contributed by atoms with Gasteiger partial charge in [0.05, 0.1) is 0 Å². The third kappa shape index (κ3) is 4.70. The molecule has 0 amide bonds. The Hall–Kier alpha value is -2.74. The summed E-state index contributed by atoms with van der Waals surface area (Å²) >= 11 is 0. The summed E-state index contributed by atoms with van der Waals surface area (Å²) in [7, 11) is 0. The maximum Gasteiger partial charge on any atom is 0.264 e. The molecule has 0 radical (unpaired) electrons. The summed E-state index contributed by atoms with van der Waals surface area (Å²) < 4.78 is 90.6. The Balaban J connectivity index is 0.000000448. The van der Waals surface area contributed by atoms with E-state index in [1.807, 2.05) is 0 Å². The Morgan fingerprint density at radius 2 is 0.767 bits per heavy atom. The van der Waals surface area contributed by atoms with Crippen molar-refractivity contribution < 1.29 is 31.1 Å². The van der Waals surface area contributed by atoms with Crippen molar-refractivity contribution in [1.29, 1.82) is 0 Å². The van der Waals surface area contributed by atoms with Crippen LogP contribution >= 0.6 is 0 Å². The van der Waals surface area contributed by atoms with E-state index >= 15 is 0 Å². The van der Waals surface area contributed by atoms with E-state index in [4.69, 9.17) is 4.74 Å². The van der Waals surface area contributed by atoms with E-state index in [0.29, 0.717) is 0 Å². The van der Waals surface area contributed by atoms with E-state index in [0.717, 1.165) is 67.8 Å². The van der Waals surface area contributed by atoms with Crippen LogP contribution in [0.4, 0.5) is 26.3 Å². The topological polar surface area (TPSA) is 9.23 Å². The molecule has 156 valence electrons. The van der Waals surface area contributed by atoms with E-state index in [1.165, 1.54) is 12.8 Å². The van der Waals surface area contributed by atoms with Crippen molar-refractivity contribution >= 4 is 23.1 Å². The first-order valence-corrected chi connectivity index (χ1v) is 9.31. The van der Waals surface area contributed by atoms with Crippen LogP contribution in [0, 0.1) is 34.9 Å². The zero-order chi connectivity index (χ0) is 21.7. The first kappa shape index (κ1) is 22.0. The summed E-state index contributed by atoms with van der Waals surface area (Å²) in [6.07, 6.45) is 2.56. The van der Waals surface area contributed by atoms with Crippen LogP contribution in [0.2, 0.25) is 0 Å². The zero-order valence-electron chi connectivity index (χ0n) is 15.8. The molecule has 1 aliphatic heterocycles. The van der Waals surface area contributed by atoms with Gasteiger partial charge in [0.25, 0.3) is 6.71 Å². The van der Waals surface area contributed by atoms with Gasteiger partial charge >= 0.3 is 0 Å². The largest absolute Gasteiger partial charge is 0.381 e. The van der Waals surface area contributed by atoms with Gasteiger partial charge in [-0.15, -0.1) is 0 Å². The Bertz CT molecular complexity index is 832. The minimum absolute atomic E-state index is 0.837. The highest BCUT2D eigenvalue weighted by Gasteiger charge is 2.36. The zero-order valence-corrected chi connectivity index (χ0v) is 15.8. The number of hydrogen-bond acceptors (Lipinski definition) is 1. The summed E-state index contributed by atoms with van der Waals surface area (Å²) in [5, 5.41) is 0. The van der Waals surface area contributed by atoms with Gasteiger partial charge in [-0.05, 0) is 49.2 Å². The summed E-state index contributed by atoms with van der Waals surface area (Å²) in [4.78, 5) is 0. The average Bonchev–Trinajstić information content (AvgIpc) is 3.27. The van der Waals surface area contributed by atoms with Crippen LogP contribution in [0.3, 0.4) is 0 Å². The van der Waals surface area contributed by atoms with Crippen LogP contribution in [0.5, 0.6) is 0 Å². The normalized spacial score (nSPS) is 13.0. The second-order valence-corrected chi connectivity index (χ2v) is 6.66. The molecule has 0 bridgehead atoms. The minimum atomic E-state index is -1.97. The maximum absolute atomic E-state index is 14.3. The number of hydrogen-bond donors (Lipinski definition) is 0. The molecule has 3 aromatic rings. The Morgan fingerprint density at radius 3 is 0.967 bits per heavy atom. The van der Waals surface area contributed by atoms with Gasteiger partial charge in [-0.2, -0.15) is 0 Å². The number of halogens is 6. The smallest absolute Gasteiger partial charge is 0.264 e. The lowest BCUT2D eigenvalue weighted by Gasteiger charge is -2.19. The van der Waals surface area contributed by atoms with Crippen molar-refractivity contribution in [3.8, 4) is 0 Å². The van der Waals surface area contributed by atoms with E-state index < -0.39 is 58.0 Å². The van der Waals surface area contributed by atoms with Gasteiger partial charge in [-0.3, -0.25) is 0 Å². The van der Waals surface area contributed by atoms with Crippen LogP contribution in [0.25, 0.3) is 0 Å². The molecule has 1 fully saturated rings. The molecule has 0 aliphatic carbocycles. The summed E-state index contributed by atoms with van der Waals surface area (Å²) in [5.41, 5.74) is -2.51.